The highest BCUT2D eigenvalue weighted by atomic mass is 17.1. The Labute approximate surface area is 104 Å². The summed E-state index contributed by atoms with van der Waals surface area (Å²) in [5.41, 5.74) is 0. The summed E-state index contributed by atoms with van der Waals surface area (Å²) in [5, 5.41) is 8.27. The molecular weight excluding hydrogens is 220 g/mol. The lowest BCUT2D eigenvalue weighted by Gasteiger charge is -2.25. The maximum Gasteiger partial charge on any atom is 0.540 e. The molecule has 0 rings (SSSR count). The number of carbonyl (C=O) groups is 1. The van der Waals surface area contributed by atoms with Crippen LogP contribution in [0.4, 0.5) is 4.79 Å². The zero-order chi connectivity index (χ0) is 13.1. The third-order valence-electron chi connectivity index (χ3n) is 3.14. The van der Waals surface area contributed by atoms with Gasteiger partial charge in [-0.25, -0.2) is 4.79 Å². The fraction of sp³-hybridized carbons (Fsp3) is 0.923. The molecule has 2 unspecified atom stereocenters. The maximum absolute atomic E-state index is 11.0. The molecule has 0 aliphatic heterocycles. The Balaban J connectivity index is 4.32. The van der Waals surface area contributed by atoms with E-state index in [1.54, 1.807) is 0 Å². The predicted molar refractivity (Wildman–Crippen MR) is 66.8 cm³/mol. The van der Waals surface area contributed by atoms with Crippen molar-refractivity contribution in [1.29, 1.82) is 0 Å². The van der Waals surface area contributed by atoms with Gasteiger partial charge in [0.25, 0.3) is 0 Å². The fourth-order valence-corrected chi connectivity index (χ4v) is 2.06. The smallest absolute Gasteiger partial charge is 0.429 e. The van der Waals surface area contributed by atoms with Gasteiger partial charge in [-0.05, 0) is 25.2 Å². The molecule has 0 aromatic rings. The van der Waals surface area contributed by atoms with Gasteiger partial charge in [-0.1, -0.05) is 46.5 Å². The predicted octanol–water partition coefficient (Wildman–Crippen LogP) is 4.39. The Morgan fingerprint density at radius 1 is 1.12 bits per heavy atom. The topological polar surface area (TPSA) is 55.8 Å². The van der Waals surface area contributed by atoms with Crippen LogP contribution in [-0.2, 0) is 9.62 Å². The van der Waals surface area contributed by atoms with Gasteiger partial charge in [-0.2, -0.15) is 5.26 Å². The van der Waals surface area contributed by atoms with Crippen LogP contribution in [0.3, 0.4) is 0 Å². The molecule has 0 aliphatic carbocycles. The second-order valence-electron chi connectivity index (χ2n) is 4.45. The van der Waals surface area contributed by atoms with Crippen LogP contribution in [0.5, 0.6) is 0 Å². The minimum Gasteiger partial charge on any atom is -0.429 e. The average molecular weight is 246 g/mol. The molecule has 0 spiro atoms. The first-order valence-electron chi connectivity index (χ1n) is 6.71. The van der Waals surface area contributed by atoms with Gasteiger partial charge >= 0.3 is 6.16 Å². The van der Waals surface area contributed by atoms with Crippen molar-refractivity contribution in [1.82, 2.24) is 0 Å². The first kappa shape index (κ1) is 16.2. The molecule has 0 fully saturated rings. The largest absolute Gasteiger partial charge is 0.540 e. The van der Waals surface area contributed by atoms with Crippen LogP contribution in [0.15, 0.2) is 0 Å². The van der Waals surface area contributed by atoms with Crippen molar-refractivity contribution in [2.24, 2.45) is 5.92 Å². The number of ether oxygens (including phenoxy) is 1. The van der Waals surface area contributed by atoms with Gasteiger partial charge < -0.3 is 4.74 Å². The van der Waals surface area contributed by atoms with Crippen molar-refractivity contribution in [2.75, 3.05) is 0 Å². The first-order chi connectivity index (χ1) is 8.19. The Morgan fingerprint density at radius 3 is 2.18 bits per heavy atom. The summed E-state index contributed by atoms with van der Waals surface area (Å²) in [7, 11) is 0. The van der Waals surface area contributed by atoms with E-state index in [0.29, 0.717) is 5.92 Å². The second kappa shape index (κ2) is 10.4. The van der Waals surface area contributed by atoms with E-state index >= 15 is 0 Å². The van der Waals surface area contributed by atoms with E-state index in [2.05, 4.69) is 25.7 Å². The van der Waals surface area contributed by atoms with Gasteiger partial charge in [-0.15, -0.1) is 0 Å². The molecule has 0 amide bonds. The molecule has 0 saturated heterocycles. The summed E-state index contributed by atoms with van der Waals surface area (Å²) in [6.07, 6.45) is 6.12. The number of rotatable bonds is 9. The number of carbonyl (C=O) groups excluding carboxylic acids is 1. The van der Waals surface area contributed by atoms with E-state index in [9.17, 15) is 4.79 Å². The third-order valence-corrected chi connectivity index (χ3v) is 3.14. The van der Waals surface area contributed by atoms with Gasteiger partial charge in [0.1, 0.15) is 6.10 Å². The zero-order valence-electron chi connectivity index (χ0n) is 11.3. The quantitative estimate of drug-likeness (QED) is 0.372. The molecule has 0 radical (unpaired) electrons. The van der Waals surface area contributed by atoms with Gasteiger partial charge in [0, 0.05) is 0 Å². The highest BCUT2D eigenvalue weighted by Gasteiger charge is 2.23. The van der Waals surface area contributed by atoms with E-state index < -0.39 is 6.16 Å². The first-order valence-corrected chi connectivity index (χ1v) is 6.71. The molecule has 0 heterocycles. The standard InChI is InChI=1S/C13H26O4/c1-4-7-9-11(6-3)12(10-8-5-2)16-13(14)17-15/h11-12,15H,4-10H2,1-3H3. The van der Waals surface area contributed by atoms with E-state index in [4.69, 9.17) is 9.99 Å². The zero-order valence-corrected chi connectivity index (χ0v) is 11.3. The van der Waals surface area contributed by atoms with Crippen LogP contribution in [0, 0.1) is 5.92 Å². The summed E-state index contributed by atoms with van der Waals surface area (Å²) < 4.78 is 5.14. The Hall–Kier alpha value is -0.770. The van der Waals surface area contributed by atoms with Crippen LogP contribution in [0.1, 0.15) is 65.7 Å². The average Bonchev–Trinajstić information content (AvgIpc) is 2.35. The van der Waals surface area contributed by atoms with Crippen LogP contribution in [0.2, 0.25) is 0 Å². The van der Waals surface area contributed by atoms with E-state index in [0.717, 1.165) is 44.9 Å². The summed E-state index contributed by atoms with van der Waals surface area (Å²) in [4.78, 5) is 14.6. The lowest BCUT2D eigenvalue weighted by molar-refractivity contribution is -0.207. The molecular formula is C13H26O4. The Morgan fingerprint density at radius 2 is 1.71 bits per heavy atom. The SMILES string of the molecule is CCCCC(CC)C(CCCC)OC(=O)OO. The molecule has 0 aliphatic rings. The highest BCUT2D eigenvalue weighted by molar-refractivity contribution is 5.59. The Kier molecular flexibility index (Phi) is 9.92. The summed E-state index contributed by atoms with van der Waals surface area (Å²) in [6, 6.07) is 0. The van der Waals surface area contributed by atoms with Gasteiger partial charge in [-0.3, -0.25) is 4.89 Å². The fourth-order valence-electron chi connectivity index (χ4n) is 2.06. The number of hydrogen-bond acceptors (Lipinski definition) is 4. The van der Waals surface area contributed by atoms with Crippen LogP contribution < -0.4 is 0 Å². The van der Waals surface area contributed by atoms with Crippen molar-refractivity contribution in [3.05, 3.63) is 0 Å². The van der Waals surface area contributed by atoms with Crippen molar-refractivity contribution < 1.29 is 19.7 Å². The van der Waals surface area contributed by atoms with Crippen molar-refractivity contribution in [3.63, 3.8) is 0 Å². The molecule has 17 heavy (non-hydrogen) atoms. The normalized spacial score (nSPS) is 14.1. The molecule has 102 valence electrons. The molecule has 0 saturated carbocycles. The molecule has 1 N–H and O–H groups in total. The highest BCUT2D eigenvalue weighted by Crippen LogP contribution is 2.24. The van der Waals surface area contributed by atoms with E-state index in [1.165, 1.54) is 0 Å². The molecule has 0 bridgehead atoms. The molecule has 0 aromatic heterocycles. The molecule has 2 atom stereocenters. The second-order valence-corrected chi connectivity index (χ2v) is 4.45. The summed E-state index contributed by atoms with van der Waals surface area (Å²) in [5.74, 6) is 0.362. The van der Waals surface area contributed by atoms with Crippen LogP contribution in [0.25, 0.3) is 0 Å². The minimum absolute atomic E-state index is 0.133. The lowest BCUT2D eigenvalue weighted by atomic mass is 9.90. The molecule has 4 heteroatoms. The van der Waals surface area contributed by atoms with E-state index in [1.807, 2.05) is 0 Å². The van der Waals surface area contributed by atoms with Crippen LogP contribution in [-0.4, -0.2) is 17.5 Å². The van der Waals surface area contributed by atoms with E-state index in [-0.39, 0.29) is 6.10 Å². The minimum atomic E-state index is -0.985. The van der Waals surface area contributed by atoms with Gasteiger partial charge in [0.15, 0.2) is 0 Å². The summed E-state index contributed by atoms with van der Waals surface area (Å²) >= 11 is 0. The van der Waals surface area contributed by atoms with Crippen molar-refractivity contribution in [2.45, 2.75) is 71.8 Å². The van der Waals surface area contributed by atoms with Crippen LogP contribution >= 0.6 is 0 Å². The molecule has 0 aromatic carbocycles. The number of unbranched alkanes of at least 4 members (excludes halogenated alkanes) is 2. The molecule has 4 nitrogen and oxygen atoms in total. The van der Waals surface area contributed by atoms with Crippen molar-refractivity contribution in [3.8, 4) is 0 Å². The maximum atomic E-state index is 11.0. The Bertz CT molecular complexity index is 194. The van der Waals surface area contributed by atoms with Gasteiger partial charge in [0.2, 0.25) is 0 Å². The van der Waals surface area contributed by atoms with Gasteiger partial charge in [0.05, 0.1) is 0 Å². The number of hydrogen-bond donors (Lipinski definition) is 1. The van der Waals surface area contributed by atoms with Crippen molar-refractivity contribution >= 4 is 6.16 Å². The monoisotopic (exact) mass is 246 g/mol. The lowest BCUT2D eigenvalue weighted by Crippen LogP contribution is -2.27. The third kappa shape index (κ3) is 7.21. The summed E-state index contributed by atoms with van der Waals surface area (Å²) in [6.45, 7) is 6.36.